The molecular formula is C34H62O17. The van der Waals surface area contributed by atoms with E-state index in [9.17, 15) is 60.7 Å². The van der Waals surface area contributed by atoms with Gasteiger partial charge in [0.2, 0.25) is 0 Å². The molecule has 10 N–H and O–H groups in total. The maximum absolute atomic E-state index is 12.4. The second-order valence-corrected chi connectivity index (χ2v) is 13.5. The summed E-state index contributed by atoms with van der Waals surface area (Å²) in [5.74, 6) is -0.548. The van der Waals surface area contributed by atoms with Gasteiger partial charge in [0, 0.05) is 6.42 Å². The van der Waals surface area contributed by atoms with Gasteiger partial charge in [0.15, 0.2) is 18.9 Å². The van der Waals surface area contributed by atoms with Crippen LogP contribution < -0.4 is 0 Å². The Hall–Kier alpha value is -1.42. The molecule has 51 heavy (non-hydrogen) atoms. The monoisotopic (exact) mass is 742 g/mol. The number of aliphatic hydroxyl groups is 10. The lowest BCUT2D eigenvalue weighted by atomic mass is 9.96. The summed E-state index contributed by atoms with van der Waals surface area (Å²) in [6, 6.07) is 0. The van der Waals surface area contributed by atoms with Crippen molar-refractivity contribution in [3.8, 4) is 0 Å². The number of carbonyl (C=O) groups is 2. The van der Waals surface area contributed by atoms with E-state index in [0.717, 1.165) is 25.7 Å². The van der Waals surface area contributed by atoms with Gasteiger partial charge in [-0.2, -0.15) is 0 Å². The minimum absolute atomic E-state index is 0.0614. The quantitative estimate of drug-likeness (QED) is 0.0269. The van der Waals surface area contributed by atoms with Crippen LogP contribution in [0.25, 0.3) is 0 Å². The van der Waals surface area contributed by atoms with E-state index in [1.807, 2.05) is 0 Å². The van der Waals surface area contributed by atoms with Gasteiger partial charge in [0.05, 0.1) is 13.2 Å². The zero-order valence-corrected chi connectivity index (χ0v) is 29.5. The van der Waals surface area contributed by atoms with E-state index in [0.29, 0.717) is 6.42 Å². The maximum Gasteiger partial charge on any atom is 0.305 e. The average Bonchev–Trinajstić information content (AvgIpc) is 3.13. The summed E-state index contributed by atoms with van der Waals surface area (Å²) < 4.78 is 27.2. The first-order chi connectivity index (χ1) is 24.4. The minimum atomic E-state index is -2.10. The fourth-order valence-electron chi connectivity index (χ4n) is 6.12. The number of rotatable bonds is 26. The second-order valence-electron chi connectivity index (χ2n) is 13.5. The molecule has 2 saturated heterocycles. The van der Waals surface area contributed by atoms with Gasteiger partial charge in [0.1, 0.15) is 79.9 Å². The fraction of sp³-hybridized carbons (Fsp3) is 0.941. The molecule has 0 amide bonds. The van der Waals surface area contributed by atoms with Crippen LogP contribution in [-0.2, 0) is 33.3 Å². The lowest BCUT2D eigenvalue weighted by Crippen LogP contribution is -2.65. The smallest absolute Gasteiger partial charge is 0.305 e. The molecule has 0 radical (unpaired) electrons. The van der Waals surface area contributed by atoms with Crippen LogP contribution in [0.4, 0.5) is 0 Å². The molecule has 0 saturated carbocycles. The van der Waals surface area contributed by atoms with E-state index in [1.54, 1.807) is 0 Å². The molecule has 0 aliphatic carbocycles. The topological polar surface area (TPSA) is 283 Å². The molecule has 17 heteroatoms. The van der Waals surface area contributed by atoms with Gasteiger partial charge in [-0.25, -0.2) is 0 Å². The van der Waals surface area contributed by atoms with E-state index in [2.05, 4.69) is 6.92 Å². The van der Waals surface area contributed by atoms with Crippen molar-refractivity contribution in [2.24, 2.45) is 0 Å². The van der Waals surface area contributed by atoms with Crippen LogP contribution in [0.3, 0.4) is 0 Å². The molecule has 0 aromatic carbocycles. The molecule has 0 aromatic rings. The lowest BCUT2D eigenvalue weighted by Gasteiger charge is -2.46. The number of carbonyl (C=O) groups excluding carboxylic acids is 2. The molecule has 2 rings (SSSR count). The Labute approximate surface area is 299 Å². The van der Waals surface area contributed by atoms with Gasteiger partial charge in [-0.1, -0.05) is 84.0 Å². The third kappa shape index (κ3) is 14.7. The number of aldehydes is 1. The van der Waals surface area contributed by atoms with Gasteiger partial charge < -0.3 is 79.5 Å². The van der Waals surface area contributed by atoms with Crippen molar-refractivity contribution in [1.82, 2.24) is 0 Å². The van der Waals surface area contributed by atoms with Crippen LogP contribution in [-0.4, -0.2) is 169 Å². The lowest BCUT2D eigenvalue weighted by molar-refractivity contribution is -0.367. The molecule has 0 bridgehead atoms. The van der Waals surface area contributed by atoms with E-state index in [4.69, 9.17) is 23.7 Å². The van der Waals surface area contributed by atoms with Crippen molar-refractivity contribution >= 4 is 12.3 Å². The van der Waals surface area contributed by atoms with Gasteiger partial charge in [-0.15, -0.1) is 0 Å². The summed E-state index contributed by atoms with van der Waals surface area (Å²) in [6.07, 6.45) is -10.7. The second kappa shape index (κ2) is 24.8. The zero-order valence-electron chi connectivity index (χ0n) is 29.5. The highest BCUT2D eigenvalue weighted by molar-refractivity contribution is 5.69. The average molecular weight is 743 g/mol. The van der Waals surface area contributed by atoms with Gasteiger partial charge in [-0.3, -0.25) is 4.79 Å². The molecule has 2 fully saturated rings. The first kappa shape index (κ1) is 45.7. The molecule has 0 spiro atoms. The van der Waals surface area contributed by atoms with Crippen molar-refractivity contribution in [2.45, 2.75) is 183 Å². The molecule has 0 aromatic heterocycles. The largest absolute Gasteiger partial charge is 0.463 e. The number of hydrogen-bond acceptors (Lipinski definition) is 17. The summed E-state index contributed by atoms with van der Waals surface area (Å²) >= 11 is 0. The zero-order chi connectivity index (χ0) is 37.9. The highest BCUT2D eigenvalue weighted by atomic mass is 16.7. The predicted molar refractivity (Wildman–Crippen MR) is 177 cm³/mol. The molecule has 17 nitrogen and oxygen atoms in total. The first-order valence-electron chi connectivity index (χ1n) is 18.3. The van der Waals surface area contributed by atoms with Gasteiger partial charge in [-0.05, 0) is 6.42 Å². The summed E-state index contributed by atoms with van der Waals surface area (Å²) in [7, 11) is 0. The number of unbranched alkanes of at least 4 members (excludes halogenated alkanes) is 12. The standard InChI is InChI=1S/C34H62O17/c1-2-3-4-5-6-7-8-9-10-11-12-13-14-15-24(40)47-19-23-26(42)27(43)29(45)33(49-23)51-32-22(18-37)48-34(30(46)28(32)44)50-31(21(39)17-36)25(41)20(38)16-35/h16,20-23,25-34,36-39,41-46H,2-15,17-19H2,1H3/t20-,21+,22+,23+,25+,26+,27-,28+,29+,30+,31+,32+,33+,34+/m0/s1. The molecule has 300 valence electrons. The van der Waals surface area contributed by atoms with Crippen LogP contribution in [0.15, 0.2) is 0 Å². The normalized spacial score (nSPS) is 32.2. The third-order valence-corrected chi connectivity index (χ3v) is 9.36. The number of esters is 1. The van der Waals surface area contributed by atoms with Crippen LogP contribution >= 0.6 is 0 Å². The van der Waals surface area contributed by atoms with Crippen molar-refractivity contribution in [2.75, 3.05) is 19.8 Å². The van der Waals surface area contributed by atoms with Crippen LogP contribution in [0.2, 0.25) is 0 Å². The summed E-state index contributed by atoms with van der Waals surface area (Å²) in [4.78, 5) is 23.3. The molecule has 0 unspecified atom stereocenters. The molecule has 2 aliphatic rings. The fourth-order valence-corrected chi connectivity index (χ4v) is 6.12. The van der Waals surface area contributed by atoms with Crippen LogP contribution in [0.5, 0.6) is 0 Å². The molecular weight excluding hydrogens is 680 g/mol. The Morgan fingerprint density at radius 1 is 0.706 bits per heavy atom. The van der Waals surface area contributed by atoms with E-state index in [-0.39, 0.29) is 12.7 Å². The minimum Gasteiger partial charge on any atom is -0.463 e. The van der Waals surface area contributed by atoms with Crippen molar-refractivity contribution in [3.05, 3.63) is 0 Å². The molecule has 2 heterocycles. The molecule has 14 atom stereocenters. The van der Waals surface area contributed by atoms with Crippen molar-refractivity contribution in [3.63, 3.8) is 0 Å². The SMILES string of the molecule is CCCCCCCCCCCCCCCC(=O)OC[C@H]1O[C@H](O[C@H]2[C@H](O)[C@@H](O)[C@@H](O[C@@H]([C@H](O)[C@@H](O)C=O)[C@H](O)CO)O[C@@H]2CO)[C@H](O)[C@@H](O)[C@@H]1O. The van der Waals surface area contributed by atoms with Gasteiger partial charge in [0.25, 0.3) is 0 Å². The van der Waals surface area contributed by atoms with Crippen molar-refractivity contribution < 1.29 is 84.3 Å². The molecule has 2 aliphatic heterocycles. The van der Waals surface area contributed by atoms with Crippen LogP contribution in [0.1, 0.15) is 96.8 Å². The number of hydrogen-bond donors (Lipinski definition) is 10. The highest BCUT2D eigenvalue weighted by Crippen LogP contribution is 2.31. The first-order valence-corrected chi connectivity index (χ1v) is 18.3. The Bertz CT molecular complexity index is 943. The van der Waals surface area contributed by atoms with E-state index in [1.165, 1.54) is 51.4 Å². The Kier molecular flexibility index (Phi) is 22.2. The van der Waals surface area contributed by atoms with Crippen molar-refractivity contribution in [1.29, 1.82) is 0 Å². The van der Waals surface area contributed by atoms with E-state index < -0.39 is 112 Å². The van der Waals surface area contributed by atoms with E-state index >= 15 is 0 Å². The highest BCUT2D eigenvalue weighted by Gasteiger charge is 2.52. The number of ether oxygens (including phenoxy) is 5. The predicted octanol–water partition coefficient (Wildman–Crippen LogP) is -1.70. The maximum atomic E-state index is 12.4. The summed E-state index contributed by atoms with van der Waals surface area (Å²) in [5.41, 5.74) is 0. The summed E-state index contributed by atoms with van der Waals surface area (Å²) in [6.45, 7) is -0.189. The summed E-state index contributed by atoms with van der Waals surface area (Å²) in [5, 5.41) is 102. The Morgan fingerprint density at radius 3 is 1.76 bits per heavy atom. The van der Waals surface area contributed by atoms with Gasteiger partial charge >= 0.3 is 5.97 Å². The van der Waals surface area contributed by atoms with Crippen LogP contribution in [0, 0.1) is 0 Å². The Morgan fingerprint density at radius 2 is 1.24 bits per heavy atom. The Balaban J connectivity index is 1.84. The number of aliphatic hydroxyl groups excluding tert-OH is 10. The third-order valence-electron chi connectivity index (χ3n) is 9.36.